The Hall–Kier alpha value is -2.69. The van der Waals surface area contributed by atoms with Crippen LogP contribution in [0.4, 0.5) is 5.69 Å². The number of nitrogens with zero attached hydrogens (tertiary/aromatic N) is 1. The molecule has 0 aliphatic rings. The van der Waals surface area contributed by atoms with Gasteiger partial charge in [-0.25, -0.2) is 4.98 Å². The molecular formula is C24H18BrClN2O. The van der Waals surface area contributed by atoms with Gasteiger partial charge in [0.2, 0.25) is 0 Å². The molecule has 29 heavy (non-hydrogen) atoms. The maximum atomic E-state index is 13.2. The van der Waals surface area contributed by atoms with E-state index >= 15 is 0 Å². The lowest BCUT2D eigenvalue weighted by Gasteiger charge is -2.13. The minimum atomic E-state index is -0.167. The van der Waals surface area contributed by atoms with Gasteiger partial charge in [-0.05, 0) is 67.9 Å². The van der Waals surface area contributed by atoms with Crippen molar-refractivity contribution in [3.8, 4) is 11.3 Å². The molecule has 0 spiro atoms. The largest absolute Gasteiger partial charge is 0.322 e. The van der Waals surface area contributed by atoms with Crippen LogP contribution >= 0.6 is 27.5 Å². The van der Waals surface area contributed by atoms with E-state index in [1.165, 1.54) is 0 Å². The van der Waals surface area contributed by atoms with Gasteiger partial charge in [-0.15, -0.1) is 0 Å². The van der Waals surface area contributed by atoms with Gasteiger partial charge in [0, 0.05) is 26.1 Å². The van der Waals surface area contributed by atoms with Crippen LogP contribution in [0.2, 0.25) is 5.02 Å². The molecule has 0 radical (unpaired) electrons. The molecule has 0 saturated carbocycles. The van der Waals surface area contributed by atoms with Crippen LogP contribution in [0.1, 0.15) is 21.5 Å². The molecule has 5 heteroatoms. The smallest absolute Gasteiger partial charge is 0.256 e. The zero-order valence-electron chi connectivity index (χ0n) is 16.0. The normalized spacial score (nSPS) is 10.9. The predicted molar refractivity (Wildman–Crippen MR) is 124 cm³/mol. The maximum absolute atomic E-state index is 13.2. The highest BCUT2D eigenvalue weighted by Gasteiger charge is 2.16. The highest BCUT2D eigenvalue weighted by atomic mass is 79.9. The number of anilines is 1. The molecule has 3 nitrogen and oxygen atoms in total. The van der Waals surface area contributed by atoms with E-state index in [-0.39, 0.29) is 5.91 Å². The summed E-state index contributed by atoms with van der Waals surface area (Å²) >= 11 is 9.45. The summed E-state index contributed by atoms with van der Waals surface area (Å²) < 4.78 is 0.959. The van der Waals surface area contributed by atoms with Crippen molar-refractivity contribution in [3.63, 3.8) is 0 Å². The molecule has 1 N–H and O–H groups in total. The predicted octanol–water partition coefficient (Wildman–Crippen LogP) is 7.19. The summed E-state index contributed by atoms with van der Waals surface area (Å²) in [6.45, 7) is 4.04. The number of carbonyl (C=O) groups is 1. The Kier molecular flexibility index (Phi) is 5.39. The van der Waals surface area contributed by atoms with E-state index in [0.717, 1.165) is 43.4 Å². The molecule has 0 atom stereocenters. The molecule has 4 aromatic rings. The Labute approximate surface area is 182 Å². The van der Waals surface area contributed by atoms with Gasteiger partial charge in [-0.2, -0.15) is 0 Å². The number of amides is 1. The molecular weight excluding hydrogens is 448 g/mol. The third kappa shape index (κ3) is 4.19. The van der Waals surface area contributed by atoms with Crippen LogP contribution in [0, 0.1) is 13.8 Å². The first-order chi connectivity index (χ1) is 13.9. The summed E-state index contributed by atoms with van der Waals surface area (Å²) in [4.78, 5) is 18.0. The Morgan fingerprint density at radius 1 is 0.966 bits per heavy atom. The van der Waals surface area contributed by atoms with E-state index in [4.69, 9.17) is 16.6 Å². The van der Waals surface area contributed by atoms with Crippen LogP contribution in [0.25, 0.3) is 22.2 Å². The Morgan fingerprint density at radius 2 is 1.66 bits per heavy atom. The SMILES string of the molecule is Cc1cc(C)c2nc(-c3ccc(Cl)cc3)cc(C(=O)Nc3ccc(Br)cc3)c2c1. The van der Waals surface area contributed by atoms with Crippen molar-refractivity contribution >= 4 is 50.0 Å². The first-order valence-corrected chi connectivity index (χ1v) is 10.3. The number of halogens is 2. The van der Waals surface area contributed by atoms with Crippen LogP contribution in [0.5, 0.6) is 0 Å². The van der Waals surface area contributed by atoms with Gasteiger partial charge >= 0.3 is 0 Å². The number of hydrogen-bond donors (Lipinski definition) is 1. The van der Waals surface area contributed by atoms with Crippen molar-refractivity contribution in [1.29, 1.82) is 0 Å². The highest BCUT2D eigenvalue weighted by molar-refractivity contribution is 9.10. The Bertz CT molecular complexity index is 1220. The van der Waals surface area contributed by atoms with Gasteiger partial charge < -0.3 is 5.32 Å². The minimum absolute atomic E-state index is 0.167. The third-order valence-electron chi connectivity index (χ3n) is 4.74. The van der Waals surface area contributed by atoms with Gasteiger partial charge in [0.05, 0.1) is 16.8 Å². The summed E-state index contributed by atoms with van der Waals surface area (Å²) in [5.41, 5.74) is 5.93. The Morgan fingerprint density at radius 3 is 2.34 bits per heavy atom. The molecule has 1 amide bonds. The monoisotopic (exact) mass is 464 g/mol. The van der Waals surface area contributed by atoms with Crippen molar-refractivity contribution in [3.05, 3.63) is 92.9 Å². The maximum Gasteiger partial charge on any atom is 0.256 e. The van der Waals surface area contributed by atoms with Crippen molar-refractivity contribution in [2.24, 2.45) is 0 Å². The third-order valence-corrected chi connectivity index (χ3v) is 5.52. The van der Waals surface area contributed by atoms with E-state index < -0.39 is 0 Å². The van der Waals surface area contributed by atoms with Crippen LogP contribution < -0.4 is 5.32 Å². The zero-order chi connectivity index (χ0) is 20.5. The van der Waals surface area contributed by atoms with Crippen LogP contribution in [-0.2, 0) is 0 Å². The molecule has 144 valence electrons. The fraction of sp³-hybridized carbons (Fsp3) is 0.0833. The number of nitrogens with one attached hydrogen (secondary N) is 1. The number of aromatic nitrogens is 1. The van der Waals surface area contributed by atoms with Gasteiger partial charge in [0.25, 0.3) is 5.91 Å². The second kappa shape index (κ2) is 7.97. The lowest BCUT2D eigenvalue weighted by molar-refractivity contribution is 0.102. The standard InChI is InChI=1S/C24H18BrClN2O/c1-14-11-15(2)23-20(12-14)21(24(29)27-19-9-5-17(25)6-10-19)13-22(28-23)16-3-7-18(26)8-4-16/h3-13H,1-2H3,(H,27,29). The summed E-state index contributed by atoms with van der Waals surface area (Å²) in [7, 11) is 0. The number of carbonyl (C=O) groups excluding carboxylic acids is 1. The lowest BCUT2D eigenvalue weighted by Crippen LogP contribution is -2.13. The summed E-state index contributed by atoms with van der Waals surface area (Å²) in [6, 6.07) is 20.9. The van der Waals surface area contributed by atoms with Crippen molar-refractivity contribution in [2.45, 2.75) is 13.8 Å². The molecule has 0 aliphatic heterocycles. The summed E-state index contributed by atoms with van der Waals surface area (Å²) in [5, 5.41) is 4.50. The van der Waals surface area contributed by atoms with Crippen molar-refractivity contribution < 1.29 is 4.79 Å². The second-order valence-corrected chi connectivity index (χ2v) is 8.35. The van der Waals surface area contributed by atoms with Crippen LogP contribution in [-0.4, -0.2) is 10.9 Å². The first-order valence-electron chi connectivity index (χ1n) is 9.15. The lowest BCUT2D eigenvalue weighted by atomic mass is 9.99. The number of aryl methyl sites for hydroxylation is 2. The quantitative estimate of drug-likeness (QED) is 0.348. The molecule has 0 saturated heterocycles. The average molecular weight is 466 g/mol. The van der Waals surface area contributed by atoms with Crippen LogP contribution in [0.15, 0.2) is 71.2 Å². The minimum Gasteiger partial charge on any atom is -0.322 e. The van der Waals surface area contributed by atoms with Crippen molar-refractivity contribution in [2.75, 3.05) is 5.32 Å². The molecule has 0 bridgehead atoms. The highest BCUT2D eigenvalue weighted by Crippen LogP contribution is 2.29. The van der Waals surface area contributed by atoms with E-state index in [1.807, 2.05) is 74.5 Å². The zero-order valence-corrected chi connectivity index (χ0v) is 18.3. The van der Waals surface area contributed by atoms with E-state index in [1.54, 1.807) is 0 Å². The van der Waals surface area contributed by atoms with Gasteiger partial charge in [0.1, 0.15) is 0 Å². The van der Waals surface area contributed by atoms with Crippen LogP contribution in [0.3, 0.4) is 0 Å². The summed E-state index contributed by atoms with van der Waals surface area (Å²) in [5.74, 6) is -0.167. The number of benzene rings is 3. The fourth-order valence-corrected chi connectivity index (χ4v) is 3.76. The van der Waals surface area contributed by atoms with Gasteiger partial charge in [0.15, 0.2) is 0 Å². The van der Waals surface area contributed by atoms with Gasteiger partial charge in [-0.1, -0.05) is 51.3 Å². The number of rotatable bonds is 3. The molecule has 1 heterocycles. The molecule has 3 aromatic carbocycles. The number of pyridine rings is 1. The molecule has 4 rings (SSSR count). The van der Waals surface area contributed by atoms with Crippen molar-refractivity contribution in [1.82, 2.24) is 4.98 Å². The topological polar surface area (TPSA) is 42.0 Å². The molecule has 0 fully saturated rings. The van der Waals surface area contributed by atoms with E-state index in [2.05, 4.69) is 27.3 Å². The summed E-state index contributed by atoms with van der Waals surface area (Å²) in [6.07, 6.45) is 0. The van der Waals surface area contributed by atoms with E-state index in [0.29, 0.717) is 10.6 Å². The van der Waals surface area contributed by atoms with E-state index in [9.17, 15) is 4.79 Å². The number of hydrogen-bond acceptors (Lipinski definition) is 2. The second-order valence-electron chi connectivity index (χ2n) is 7.00. The molecule has 1 aromatic heterocycles. The average Bonchev–Trinajstić information content (AvgIpc) is 2.69. The fourth-order valence-electron chi connectivity index (χ4n) is 3.37. The first kappa shape index (κ1) is 19.6. The molecule has 0 aliphatic carbocycles. The Balaban J connectivity index is 1.86. The number of fused-ring (bicyclic) bond motifs is 1. The van der Waals surface area contributed by atoms with Gasteiger partial charge in [-0.3, -0.25) is 4.79 Å². The molecule has 0 unspecified atom stereocenters.